The number of carbonyl (C=O) groups excluding carboxylic acids is 1. The Hall–Kier alpha value is -1.66. The highest BCUT2D eigenvalue weighted by Gasteiger charge is 2.12. The Morgan fingerprint density at radius 1 is 1.44 bits per heavy atom. The maximum atomic E-state index is 11.4. The van der Waals surface area contributed by atoms with Gasteiger partial charge in [-0.05, 0) is 18.2 Å². The number of rotatable bonds is 2. The van der Waals surface area contributed by atoms with Gasteiger partial charge in [0, 0.05) is 5.56 Å². The summed E-state index contributed by atoms with van der Waals surface area (Å²) in [4.78, 5) is 11.4. The minimum absolute atomic E-state index is 0.265. The van der Waals surface area contributed by atoms with Gasteiger partial charge in [-0.15, -0.1) is 11.6 Å². The first-order valence-electron chi connectivity index (χ1n) is 4.54. The molecule has 0 fully saturated rings. The first kappa shape index (κ1) is 12.4. The van der Waals surface area contributed by atoms with Crippen molar-refractivity contribution in [1.82, 2.24) is 0 Å². The van der Waals surface area contributed by atoms with Gasteiger partial charge in [0.2, 0.25) is 0 Å². The van der Waals surface area contributed by atoms with E-state index in [1.165, 1.54) is 14.2 Å². The molecule has 0 bridgehead atoms. The van der Waals surface area contributed by atoms with E-state index < -0.39 is 5.97 Å². The molecule has 4 heteroatoms. The Kier molecular flexibility index (Phi) is 4.68. The van der Waals surface area contributed by atoms with E-state index in [2.05, 4.69) is 16.6 Å². The molecule has 0 saturated carbocycles. The van der Waals surface area contributed by atoms with Crippen molar-refractivity contribution in [2.45, 2.75) is 0 Å². The number of carbonyl (C=O) groups is 1. The van der Waals surface area contributed by atoms with E-state index >= 15 is 0 Å². The van der Waals surface area contributed by atoms with Gasteiger partial charge in [-0.3, -0.25) is 0 Å². The maximum absolute atomic E-state index is 11.4. The molecular weight excluding hydrogens is 228 g/mol. The van der Waals surface area contributed by atoms with Crippen LogP contribution in [0.25, 0.3) is 0 Å². The van der Waals surface area contributed by atoms with Gasteiger partial charge in [-0.25, -0.2) is 4.79 Å². The van der Waals surface area contributed by atoms with Gasteiger partial charge in [0.05, 0.1) is 20.1 Å². The summed E-state index contributed by atoms with van der Waals surface area (Å²) in [6.07, 6.45) is 0. The molecule has 0 saturated heterocycles. The van der Waals surface area contributed by atoms with E-state index in [1.807, 2.05) is 0 Å². The van der Waals surface area contributed by atoms with Crippen LogP contribution in [-0.2, 0) is 4.74 Å². The summed E-state index contributed by atoms with van der Waals surface area (Å²) in [5, 5.41) is 0. The van der Waals surface area contributed by atoms with Gasteiger partial charge in [0.15, 0.2) is 0 Å². The monoisotopic (exact) mass is 238 g/mol. The van der Waals surface area contributed by atoms with Crippen LogP contribution >= 0.6 is 11.6 Å². The fourth-order valence-corrected chi connectivity index (χ4v) is 1.25. The molecule has 0 heterocycles. The third kappa shape index (κ3) is 2.91. The van der Waals surface area contributed by atoms with Gasteiger partial charge in [0.1, 0.15) is 11.3 Å². The van der Waals surface area contributed by atoms with Crippen LogP contribution in [-0.4, -0.2) is 26.1 Å². The zero-order valence-electron chi connectivity index (χ0n) is 9.04. The zero-order valence-corrected chi connectivity index (χ0v) is 9.80. The highest BCUT2D eigenvalue weighted by molar-refractivity contribution is 6.19. The van der Waals surface area contributed by atoms with Crippen LogP contribution in [0.3, 0.4) is 0 Å². The Bertz CT molecular complexity index is 443. The third-order valence-corrected chi connectivity index (χ3v) is 2.04. The number of alkyl halides is 1. The van der Waals surface area contributed by atoms with Gasteiger partial charge in [-0.2, -0.15) is 0 Å². The van der Waals surface area contributed by atoms with Crippen molar-refractivity contribution in [3.63, 3.8) is 0 Å². The van der Waals surface area contributed by atoms with Crippen molar-refractivity contribution in [2.75, 3.05) is 20.1 Å². The number of benzene rings is 1. The molecule has 16 heavy (non-hydrogen) atoms. The molecule has 0 aromatic heterocycles. The lowest BCUT2D eigenvalue weighted by atomic mass is 10.1. The fraction of sp³-hybridized carbons (Fsp3) is 0.250. The lowest BCUT2D eigenvalue weighted by Gasteiger charge is -2.06. The van der Waals surface area contributed by atoms with Crippen LogP contribution in [0.1, 0.15) is 15.9 Å². The molecule has 1 rings (SSSR count). The second kappa shape index (κ2) is 6.04. The van der Waals surface area contributed by atoms with E-state index in [4.69, 9.17) is 16.3 Å². The van der Waals surface area contributed by atoms with E-state index in [1.54, 1.807) is 18.2 Å². The third-order valence-electron chi connectivity index (χ3n) is 1.91. The predicted octanol–water partition coefficient (Wildman–Crippen LogP) is 2.07. The summed E-state index contributed by atoms with van der Waals surface area (Å²) in [6, 6.07) is 5.00. The van der Waals surface area contributed by atoms with Gasteiger partial charge in [0.25, 0.3) is 0 Å². The van der Waals surface area contributed by atoms with Crippen LogP contribution in [0.5, 0.6) is 5.75 Å². The molecule has 0 unspecified atom stereocenters. The van der Waals surface area contributed by atoms with Crippen LogP contribution in [0.4, 0.5) is 0 Å². The predicted molar refractivity (Wildman–Crippen MR) is 61.9 cm³/mol. The molecule has 0 aliphatic carbocycles. The standard InChI is InChI=1S/C12H11ClO3/c1-15-11-8-9(4-3-7-13)5-6-10(11)12(14)16-2/h5-6,8H,7H2,1-2H3. The second-order valence-electron chi connectivity index (χ2n) is 2.84. The number of methoxy groups -OCH3 is 2. The van der Waals surface area contributed by atoms with Crippen LogP contribution < -0.4 is 4.74 Å². The number of hydrogen-bond acceptors (Lipinski definition) is 3. The summed E-state index contributed by atoms with van der Waals surface area (Å²) in [5.74, 6) is 5.83. The molecule has 0 N–H and O–H groups in total. The van der Waals surface area contributed by atoms with Crippen molar-refractivity contribution in [3.8, 4) is 17.6 Å². The molecule has 3 nitrogen and oxygen atoms in total. The zero-order chi connectivity index (χ0) is 12.0. The molecule has 1 aromatic carbocycles. The van der Waals surface area contributed by atoms with E-state index in [9.17, 15) is 4.79 Å². The van der Waals surface area contributed by atoms with Crippen molar-refractivity contribution < 1.29 is 14.3 Å². The lowest BCUT2D eigenvalue weighted by molar-refractivity contribution is 0.0597. The molecule has 0 atom stereocenters. The average molecular weight is 239 g/mol. The molecule has 0 aliphatic rings. The molecule has 84 valence electrons. The highest BCUT2D eigenvalue weighted by atomic mass is 35.5. The van der Waals surface area contributed by atoms with Gasteiger partial charge >= 0.3 is 5.97 Å². The first-order chi connectivity index (χ1) is 7.72. The molecule has 0 aliphatic heterocycles. The molecule has 0 amide bonds. The van der Waals surface area contributed by atoms with Gasteiger partial charge < -0.3 is 9.47 Å². The Labute approximate surface area is 99.3 Å². The second-order valence-corrected chi connectivity index (χ2v) is 3.11. The van der Waals surface area contributed by atoms with Crippen molar-refractivity contribution in [2.24, 2.45) is 0 Å². The van der Waals surface area contributed by atoms with Crippen molar-refractivity contribution >= 4 is 17.6 Å². The average Bonchev–Trinajstić information content (AvgIpc) is 2.34. The number of ether oxygens (including phenoxy) is 2. The van der Waals surface area contributed by atoms with Crippen LogP contribution in [0.2, 0.25) is 0 Å². The Balaban J connectivity index is 3.11. The minimum atomic E-state index is -0.436. The lowest BCUT2D eigenvalue weighted by Crippen LogP contribution is -2.04. The smallest absolute Gasteiger partial charge is 0.341 e. The van der Waals surface area contributed by atoms with E-state index in [-0.39, 0.29) is 5.88 Å². The Morgan fingerprint density at radius 3 is 2.75 bits per heavy atom. The number of halogens is 1. The molecule has 0 spiro atoms. The maximum Gasteiger partial charge on any atom is 0.341 e. The molecular formula is C12H11ClO3. The van der Waals surface area contributed by atoms with Crippen LogP contribution in [0, 0.1) is 11.8 Å². The fourth-order valence-electron chi connectivity index (χ4n) is 1.18. The van der Waals surface area contributed by atoms with Crippen molar-refractivity contribution in [1.29, 1.82) is 0 Å². The SMILES string of the molecule is COC(=O)c1ccc(C#CCCl)cc1OC. The quantitative estimate of drug-likeness (QED) is 0.450. The molecule has 1 aromatic rings. The highest BCUT2D eigenvalue weighted by Crippen LogP contribution is 2.20. The van der Waals surface area contributed by atoms with E-state index in [0.29, 0.717) is 11.3 Å². The summed E-state index contributed by atoms with van der Waals surface area (Å²) in [5.41, 5.74) is 1.12. The van der Waals surface area contributed by atoms with Crippen LogP contribution in [0.15, 0.2) is 18.2 Å². The molecule has 0 radical (unpaired) electrons. The minimum Gasteiger partial charge on any atom is -0.496 e. The topological polar surface area (TPSA) is 35.5 Å². The number of hydrogen-bond donors (Lipinski definition) is 0. The number of esters is 1. The first-order valence-corrected chi connectivity index (χ1v) is 5.07. The summed E-state index contributed by atoms with van der Waals surface area (Å²) >= 11 is 5.45. The largest absolute Gasteiger partial charge is 0.496 e. The van der Waals surface area contributed by atoms with E-state index in [0.717, 1.165) is 5.56 Å². The van der Waals surface area contributed by atoms with Gasteiger partial charge in [-0.1, -0.05) is 11.8 Å². The summed E-state index contributed by atoms with van der Waals surface area (Å²) in [7, 11) is 2.81. The van der Waals surface area contributed by atoms with Crippen molar-refractivity contribution in [3.05, 3.63) is 29.3 Å². The Morgan fingerprint density at radius 2 is 2.19 bits per heavy atom. The summed E-state index contributed by atoms with van der Waals surface area (Å²) in [6.45, 7) is 0. The summed E-state index contributed by atoms with van der Waals surface area (Å²) < 4.78 is 9.71. The normalized spacial score (nSPS) is 8.94.